The van der Waals surface area contributed by atoms with Crippen LogP contribution < -0.4 is 36.6 Å². The zero-order chi connectivity index (χ0) is 35.1. The Morgan fingerprint density at radius 1 is 0.717 bits per heavy atom. The molecule has 46 heavy (non-hydrogen) atoms. The Kier molecular flexibility index (Phi) is 17.3. The molecule has 0 unspecified atom stereocenters. The maximum absolute atomic E-state index is 13.6. The fourth-order valence-electron chi connectivity index (χ4n) is 4.83. The molecule has 0 bridgehead atoms. The summed E-state index contributed by atoms with van der Waals surface area (Å²) < 4.78 is 0.565. The summed E-state index contributed by atoms with van der Waals surface area (Å²) in [6.07, 6.45) is 3.62. The molecule has 0 aliphatic heterocycles. The van der Waals surface area contributed by atoms with Gasteiger partial charge in [0.05, 0.1) is 11.6 Å². The van der Waals surface area contributed by atoms with E-state index in [-0.39, 0.29) is 59.5 Å². The van der Waals surface area contributed by atoms with Gasteiger partial charge in [-0.1, -0.05) is 61.8 Å². The van der Waals surface area contributed by atoms with Gasteiger partial charge in [0.25, 0.3) is 5.91 Å². The Bertz CT molecular complexity index is 1140. The molecule has 0 saturated heterocycles. The third kappa shape index (κ3) is 13.3. The van der Waals surface area contributed by atoms with Crippen LogP contribution in [0, 0.1) is 28.9 Å². The van der Waals surface area contributed by atoms with Gasteiger partial charge < -0.3 is 37.1 Å². The second kappa shape index (κ2) is 19.7. The molecule has 0 fully saturated rings. The average molecular weight is 648 g/mol. The van der Waals surface area contributed by atoms with Crippen molar-refractivity contribution < 1.29 is 28.7 Å². The molecule has 0 aromatic carbocycles. The van der Waals surface area contributed by atoms with Gasteiger partial charge in [-0.25, -0.2) is 0 Å². The lowest BCUT2D eigenvalue weighted by Crippen LogP contribution is -2.59. The average Bonchev–Trinajstić information content (AvgIpc) is 2.98. The Hall–Kier alpha value is -3.74. The number of rotatable bonds is 19. The van der Waals surface area contributed by atoms with Crippen molar-refractivity contribution >= 4 is 29.5 Å². The van der Waals surface area contributed by atoms with Gasteiger partial charge in [0.1, 0.15) is 18.1 Å². The predicted molar refractivity (Wildman–Crippen MR) is 177 cm³/mol. The third-order valence-electron chi connectivity index (χ3n) is 7.86. The van der Waals surface area contributed by atoms with Crippen molar-refractivity contribution in [1.29, 1.82) is 0 Å². The van der Waals surface area contributed by atoms with E-state index < -0.39 is 36.0 Å². The number of hydrogen-bond acceptors (Lipinski definition) is 7. The number of carbonyl (C=O) groups is 5. The van der Waals surface area contributed by atoms with E-state index in [4.69, 9.17) is 0 Å². The van der Waals surface area contributed by atoms with Crippen LogP contribution in [0.1, 0.15) is 92.4 Å². The summed E-state index contributed by atoms with van der Waals surface area (Å²) in [7, 11) is 0. The van der Waals surface area contributed by atoms with E-state index in [2.05, 4.69) is 31.9 Å². The first kappa shape index (κ1) is 40.3. The Morgan fingerprint density at radius 2 is 1.24 bits per heavy atom. The number of likely N-dealkylation sites (N-methyl/N-ethyl adjacent to an activating group) is 1. The van der Waals surface area contributed by atoms with E-state index in [0.29, 0.717) is 24.1 Å². The monoisotopic (exact) mass is 647 g/mol. The summed E-state index contributed by atoms with van der Waals surface area (Å²) in [6.45, 7) is 19.4. The molecular weight excluding hydrogens is 590 g/mol. The van der Waals surface area contributed by atoms with Crippen LogP contribution in [0.5, 0.6) is 0 Å². The van der Waals surface area contributed by atoms with Gasteiger partial charge in [0.2, 0.25) is 23.6 Å². The Labute approximate surface area is 274 Å². The largest absolute Gasteiger partial charge is 0.619 e. The van der Waals surface area contributed by atoms with Crippen molar-refractivity contribution in [2.75, 3.05) is 13.1 Å². The van der Waals surface area contributed by atoms with Crippen molar-refractivity contribution in [3.05, 3.63) is 35.3 Å². The third-order valence-corrected chi connectivity index (χ3v) is 7.86. The van der Waals surface area contributed by atoms with Gasteiger partial charge in [-0.2, -0.15) is 4.73 Å². The topological polar surface area (TPSA) is 184 Å². The zero-order valence-corrected chi connectivity index (χ0v) is 29.2. The Morgan fingerprint density at radius 3 is 1.74 bits per heavy atom. The molecule has 0 spiro atoms. The maximum Gasteiger partial charge on any atom is 0.252 e. The minimum atomic E-state index is -0.910. The van der Waals surface area contributed by atoms with Gasteiger partial charge in [0, 0.05) is 31.3 Å². The molecule has 0 saturated carbocycles. The highest BCUT2D eigenvalue weighted by Crippen LogP contribution is 2.13. The van der Waals surface area contributed by atoms with Crippen molar-refractivity contribution in [3.63, 3.8) is 0 Å². The van der Waals surface area contributed by atoms with Crippen LogP contribution in [-0.4, -0.2) is 72.8 Å². The molecule has 13 heteroatoms. The SMILES string of the molecule is CCNC(=O)[C@@H](NC(=O)[C@H](C)NC[C@H](CC(C)C)NC(=O)[C@@H](NC(=O)[C@@H](NC(=O)c1cc[n+]([O-])cc1)[C@@H](C)CC)C(C)C)C(C)C. The number of amides is 5. The lowest BCUT2D eigenvalue weighted by atomic mass is 9.95. The first-order valence-electron chi connectivity index (χ1n) is 16.4. The summed E-state index contributed by atoms with van der Waals surface area (Å²) in [5, 5.41) is 28.8. The number of aromatic nitrogens is 1. The van der Waals surface area contributed by atoms with E-state index in [1.165, 1.54) is 24.5 Å². The number of pyridine rings is 1. The minimum absolute atomic E-state index is 0.100. The predicted octanol–water partition coefficient (Wildman–Crippen LogP) is 1.39. The number of nitrogens with zero attached hydrogens (tertiary/aromatic N) is 1. The summed E-state index contributed by atoms with van der Waals surface area (Å²) in [6, 6.07) is -0.697. The second-order valence-electron chi connectivity index (χ2n) is 13.1. The molecule has 5 amide bonds. The molecule has 6 N–H and O–H groups in total. The zero-order valence-electron chi connectivity index (χ0n) is 29.2. The summed E-state index contributed by atoms with van der Waals surface area (Å²) in [5.74, 6) is -2.30. The Balaban J connectivity index is 2.99. The molecule has 13 nitrogen and oxygen atoms in total. The summed E-state index contributed by atoms with van der Waals surface area (Å²) >= 11 is 0. The van der Waals surface area contributed by atoms with Gasteiger partial charge in [0.15, 0.2) is 12.4 Å². The van der Waals surface area contributed by atoms with Crippen LogP contribution in [0.4, 0.5) is 0 Å². The molecule has 1 aromatic rings. The molecule has 1 rings (SSSR count). The minimum Gasteiger partial charge on any atom is -0.619 e. The van der Waals surface area contributed by atoms with Crippen molar-refractivity contribution in [3.8, 4) is 0 Å². The molecule has 0 radical (unpaired) electrons. The van der Waals surface area contributed by atoms with Crippen molar-refractivity contribution in [2.24, 2.45) is 23.7 Å². The van der Waals surface area contributed by atoms with Crippen LogP contribution in [0.2, 0.25) is 0 Å². The molecule has 0 aliphatic rings. The van der Waals surface area contributed by atoms with Crippen LogP contribution in [0.3, 0.4) is 0 Å². The van der Waals surface area contributed by atoms with E-state index in [1.54, 1.807) is 6.92 Å². The number of carbonyl (C=O) groups excluding carboxylic acids is 5. The molecule has 1 aromatic heterocycles. The normalized spacial score (nSPS) is 15.3. The molecule has 260 valence electrons. The van der Waals surface area contributed by atoms with Crippen LogP contribution in [0.25, 0.3) is 0 Å². The fraction of sp³-hybridized carbons (Fsp3) is 0.697. The molecule has 6 atom stereocenters. The van der Waals surface area contributed by atoms with E-state index in [0.717, 1.165) is 0 Å². The van der Waals surface area contributed by atoms with E-state index in [1.807, 2.05) is 62.3 Å². The molecule has 1 heterocycles. The second-order valence-corrected chi connectivity index (χ2v) is 13.1. The first-order valence-corrected chi connectivity index (χ1v) is 16.4. The molecule has 0 aliphatic carbocycles. The number of hydrogen-bond donors (Lipinski definition) is 6. The van der Waals surface area contributed by atoms with Gasteiger partial charge in [-0.05, 0) is 43.9 Å². The molecular formula is C33H57N7O6. The van der Waals surface area contributed by atoms with E-state index >= 15 is 0 Å². The standard InChI is InChI=1S/C33H57N7O6/c1-11-22(9)28(39-30(42)24-13-15-40(46)16-14-24)33(45)38-27(21(7)8)32(44)36-25(17-19(3)4)18-35-23(10)29(41)37-26(20(5)6)31(43)34-12-2/h13-16,19-23,25-28,35H,11-12,17-18H2,1-10H3,(H,34,43)(H,36,44)(H,37,41)(H,38,45)(H,39,42)/t22-,23-,25-,26-,27-,28-/m0/s1. The van der Waals surface area contributed by atoms with Gasteiger partial charge >= 0.3 is 0 Å². The highest BCUT2D eigenvalue weighted by atomic mass is 16.5. The highest BCUT2D eigenvalue weighted by molar-refractivity contribution is 5.98. The van der Waals surface area contributed by atoms with Gasteiger partial charge in [-0.15, -0.1) is 0 Å². The van der Waals surface area contributed by atoms with Crippen LogP contribution in [0.15, 0.2) is 24.5 Å². The van der Waals surface area contributed by atoms with Crippen LogP contribution in [-0.2, 0) is 19.2 Å². The fourth-order valence-corrected chi connectivity index (χ4v) is 4.83. The van der Waals surface area contributed by atoms with Crippen LogP contribution >= 0.6 is 0 Å². The first-order chi connectivity index (χ1) is 21.5. The highest BCUT2D eigenvalue weighted by Gasteiger charge is 2.33. The van der Waals surface area contributed by atoms with Crippen molar-refractivity contribution in [2.45, 2.75) is 112 Å². The summed E-state index contributed by atoms with van der Waals surface area (Å²) in [5.41, 5.74) is 0.238. The summed E-state index contributed by atoms with van der Waals surface area (Å²) in [4.78, 5) is 65.3. The smallest absolute Gasteiger partial charge is 0.252 e. The lowest BCUT2D eigenvalue weighted by Gasteiger charge is -2.30. The number of nitrogens with one attached hydrogen (secondary N) is 6. The quantitative estimate of drug-likeness (QED) is 0.0968. The lowest BCUT2D eigenvalue weighted by molar-refractivity contribution is -0.605. The van der Waals surface area contributed by atoms with E-state index in [9.17, 15) is 29.2 Å². The van der Waals surface area contributed by atoms with Crippen molar-refractivity contribution in [1.82, 2.24) is 31.9 Å². The van der Waals surface area contributed by atoms with Gasteiger partial charge in [-0.3, -0.25) is 24.0 Å². The maximum atomic E-state index is 13.6.